The van der Waals surface area contributed by atoms with E-state index in [0.29, 0.717) is 17.2 Å². The van der Waals surface area contributed by atoms with E-state index in [4.69, 9.17) is 19.3 Å². The van der Waals surface area contributed by atoms with Crippen LogP contribution in [0.2, 0.25) is 0 Å². The number of nitrogens with one attached hydrogen (secondary N) is 1. The summed E-state index contributed by atoms with van der Waals surface area (Å²) in [6, 6.07) is 11.8. The van der Waals surface area contributed by atoms with Crippen molar-refractivity contribution in [1.29, 1.82) is 0 Å². The number of fused-ring (bicyclic) bond motifs is 1. The lowest BCUT2D eigenvalue weighted by atomic mass is 10.1. The van der Waals surface area contributed by atoms with Gasteiger partial charge in [-0.2, -0.15) is 0 Å². The normalized spacial score (nSPS) is 10.8. The molecule has 0 aliphatic heterocycles. The van der Waals surface area contributed by atoms with Crippen LogP contribution in [0.3, 0.4) is 0 Å². The molecule has 8 heteroatoms. The highest BCUT2D eigenvalue weighted by Gasteiger charge is 2.17. The summed E-state index contributed by atoms with van der Waals surface area (Å²) >= 11 is 1.71. The first-order valence-corrected chi connectivity index (χ1v) is 9.53. The Hall–Kier alpha value is -3.26. The predicted molar refractivity (Wildman–Crippen MR) is 110 cm³/mol. The SMILES string of the molecule is COc1cc(-c2cnc3ccc(NCc4cccs4)nn23)cc(OC)c1OC. The third-order valence-corrected chi connectivity index (χ3v) is 5.22. The van der Waals surface area contributed by atoms with Crippen LogP contribution in [0, 0.1) is 0 Å². The Morgan fingerprint density at radius 1 is 1.04 bits per heavy atom. The summed E-state index contributed by atoms with van der Waals surface area (Å²) < 4.78 is 18.1. The number of anilines is 1. The van der Waals surface area contributed by atoms with Gasteiger partial charge in [0.15, 0.2) is 17.1 Å². The number of imidazole rings is 1. The average molecular weight is 396 g/mol. The molecule has 28 heavy (non-hydrogen) atoms. The molecule has 0 bridgehead atoms. The standard InChI is InChI=1S/C20H20N4O3S/c1-25-16-9-13(10-17(26-2)20(16)27-3)15-12-22-19-7-6-18(23-24(15)19)21-11-14-5-4-8-28-14/h4-10,12H,11H2,1-3H3,(H,21,23). The van der Waals surface area contributed by atoms with Crippen LogP contribution in [-0.2, 0) is 6.54 Å². The second kappa shape index (κ2) is 7.77. The molecular formula is C20H20N4O3S. The van der Waals surface area contributed by atoms with Gasteiger partial charge in [0.2, 0.25) is 5.75 Å². The molecular weight excluding hydrogens is 376 g/mol. The van der Waals surface area contributed by atoms with Crippen molar-refractivity contribution >= 4 is 22.8 Å². The molecule has 3 aromatic heterocycles. The van der Waals surface area contributed by atoms with E-state index >= 15 is 0 Å². The number of rotatable bonds is 7. The first kappa shape index (κ1) is 18.1. The minimum atomic E-state index is 0.550. The molecule has 0 aliphatic rings. The number of aromatic nitrogens is 3. The molecule has 0 amide bonds. The molecule has 0 saturated carbocycles. The molecule has 4 aromatic rings. The Kier molecular flexibility index (Phi) is 5.03. The van der Waals surface area contributed by atoms with Gasteiger partial charge in [-0.05, 0) is 35.7 Å². The Balaban J connectivity index is 1.73. The summed E-state index contributed by atoms with van der Waals surface area (Å²) in [6.07, 6.45) is 1.78. The third kappa shape index (κ3) is 3.34. The Bertz CT molecular complexity index is 1070. The van der Waals surface area contributed by atoms with Crippen molar-refractivity contribution in [3.8, 4) is 28.5 Å². The van der Waals surface area contributed by atoms with Crippen molar-refractivity contribution < 1.29 is 14.2 Å². The number of hydrogen-bond donors (Lipinski definition) is 1. The zero-order chi connectivity index (χ0) is 19.5. The molecule has 7 nitrogen and oxygen atoms in total. The number of nitrogens with zero attached hydrogens (tertiary/aromatic N) is 3. The topological polar surface area (TPSA) is 69.9 Å². The fraction of sp³-hybridized carbons (Fsp3) is 0.200. The molecule has 3 heterocycles. The number of thiophene rings is 1. The maximum Gasteiger partial charge on any atom is 0.203 e. The summed E-state index contributed by atoms with van der Waals surface area (Å²) in [4.78, 5) is 5.71. The van der Waals surface area contributed by atoms with Gasteiger partial charge in [0.05, 0.1) is 39.8 Å². The van der Waals surface area contributed by atoms with Gasteiger partial charge in [-0.15, -0.1) is 16.4 Å². The zero-order valence-corrected chi connectivity index (χ0v) is 16.6. The van der Waals surface area contributed by atoms with Crippen molar-refractivity contribution in [1.82, 2.24) is 14.6 Å². The van der Waals surface area contributed by atoms with Crippen LogP contribution in [0.25, 0.3) is 16.9 Å². The molecule has 0 aliphatic carbocycles. The van der Waals surface area contributed by atoms with E-state index in [-0.39, 0.29) is 0 Å². The van der Waals surface area contributed by atoms with Gasteiger partial charge in [0.25, 0.3) is 0 Å². The summed E-state index contributed by atoms with van der Waals surface area (Å²) in [5, 5.41) is 10.1. The van der Waals surface area contributed by atoms with Crippen LogP contribution < -0.4 is 19.5 Å². The second-order valence-electron chi connectivity index (χ2n) is 5.98. The number of methoxy groups -OCH3 is 3. The van der Waals surface area contributed by atoms with Crippen LogP contribution in [0.1, 0.15) is 4.88 Å². The molecule has 0 radical (unpaired) electrons. The monoisotopic (exact) mass is 396 g/mol. The van der Waals surface area contributed by atoms with Crippen molar-refractivity contribution in [3.63, 3.8) is 0 Å². The Morgan fingerprint density at radius 3 is 2.46 bits per heavy atom. The van der Waals surface area contributed by atoms with Gasteiger partial charge in [-0.25, -0.2) is 9.50 Å². The van der Waals surface area contributed by atoms with Crippen LogP contribution in [0.15, 0.2) is 48.0 Å². The molecule has 1 N–H and O–H groups in total. The summed E-state index contributed by atoms with van der Waals surface area (Å²) in [5.41, 5.74) is 2.45. The zero-order valence-electron chi connectivity index (χ0n) is 15.8. The van der Waals surface area contributed by atoms with E-state index in [2.05, 4.69) is 21.7 Å². The lowest BCUT2D eigenvalue weighted by molar-refractivity contribution is 0.324. The van der Waals surface area contributed by atoms with E-state index in [1.807, 2.05) is 30.3 Å². The highest BCUT2D eigenvalue weighted by Crippen LogP contribution is 2.41. The van der Waals surface area contributed by atoms with E-state index < -0.39 is 0 Å². The number of hydrogen-bond acceptors (Lipinski definition) is 7. The van der Waals surface area contributed by atoms with Gasteiger partial charge < -0.3 is 19.5 Å². The first-order valence-electron chi connectivity index (χ1n) is 8.65. The van der Waals surface area contributed by atoms with Crippen LogP contribution >= 0.6 is 11.3 Å². The number of ether oxygens (including phenoxy) is 3. The molecule has 0 spiro atoms. The minimum Gasteiger partial charge on any atom is -0.493 e. The van der Waals surface area contributed by atoms with Crippen LogP contribution in [0.5, 0.6) is 17.2 Å². The predicted octanol–water partition coefficient (Wildman–Crippen LogP) is 4.10. The van der Waals surface area contributed by atoms with Gasteiger partial charge in [-0.1, -0.05) is 6.07 Å². The van der Waals surface area contributed by atoms with Gasteiger partial charge in [0.1, 0.15) is 5.82 Å². The van der Waals surface area contributed by atoms with E-state index in [1.165, 1.54) is 4.88 Å². The lowest BCUT2D eigenvalue weighted by Crippen LogP contribution is -2.04. The van der Waals surface area contributed by atoms with Crippen molar-refractivity contribution in [2.24, 2.45) is 0 Å². The van der Waals surface area contributed by atoms with Gasteiger partial charge in [0, 0.05) is 10.4 Å². The molecule has 1 aromatic carbocycles. The van der Waals surface area contributed by atoms with E-state index in [9.17, 15) is 0 Å². The molecule has 0 saturated heterocycles. The van der Waals surface area contributed by atoms with Crippen molar-refractivity contribution in [2.45, 2.75) is 6.54 Å². The molecule has 0 unspecified atom stereocenters. The summed E-state index contributed by atoms with van der Waals surface area (Å²) in [5.74, 6) is 2.49. The fourth-order valence-corrected chi connectivity index (χ4v) is 3.63. The summed E-state index contributed by atoms with van der Waals surface area (Å²) in [7, 11) is 4.78. The van der Waals surface area contributed by atoms with Gasteiger partial charge >= 0.3 is 0 Å². The molecule has 0 fully saturated rings. The summed E-state index contributed by atoms with van der Waals surface area (Å²) in [6.45, 7) is 0.727. The van der Waals surface area contributed by atoms with E-state index in [1.54, 1.807) is 43.4 Å². The Morgan fingerprint density at radius 2 is 1.82 bits per heavy atom. The number of benzene rings is 1. The third-order valence-electron chi connectivity index (χ3n) is 4.35. The van der Waals surface area contributed by atoms with Crippen molar-refractivity contribution in [2.75, 3.05) is 26.6 Å². The Labute approximate surface area is 166 Å². The fourth-order valence-electron chi connectivity index (χ4n) is 2.98. The minimum absolute atomic E-state index is 0.550. The maximum atomic E-state index is 5.47. The van der Waals surface area contributed by atoms with Crippen molar-refractivity contribution in [3.05, 3.63) is 52.9 Å². The smallest absolute Gasteiger partial charge is 0.203 e. The molecule has 4 rings (SSSR count). The molecule has 144 valence electrons. The van der Waals surface area contributed by atoms with Crippen LogP contribution in [0.4, 0.5) is 5.82 Å². The average Bonchev–Trinajstić information content (AvgIpc) is 3.40. The van der Waals surface area contributed by atoms with E-state index in [0.717, 1.165) is 29.3 Å². The molecule has 0 atom stereocenters. The highest BCUT2D eigenvalue weighted by molar-refractivity contribution is 7.09. The quantitative estimate of drug-likeness (QED) is 0.507. The largest absolute Gasteiger partial charge is 0.493 e. The lowest BCUT2D eigenvalue weighted by Gasteiger charge is -2.14. The van der Waals surface area contributed by atoms with Crippen LogP contribution in [-0.4, -0.2) is 35.9 Å². The van der Waals surface area contributed by atoms with Gasteiger partial charge in [-0.3, -0.25) is 0 Å². The highest BCUT2D eigenvalue weighted by atomic mass is 32.1. The maximum absolute atomic E-state index is 5.47. The second-order valence-corrected chi connectivity index (χ2v) is 7.01. The first-order chi connectivity index (χ1) is 13.7.